The van der Waals surface area contributed by atoms with Crippen LogP contribution in [-0.2, 0) is 19.9 Å². The molecule has 0 amide bonds. The molecule has 3 heterocycles. The van der Waals surface area contributed by atoms with Crippen molar-refractivity contribution in [3.63, 3.8) is 0 Å². The predicted octanol–water partition coefficient (Wildman–Crippen LogP) is 1.03. The molecule has 128 valence electrons. The lowest BCUT2D eigenvalue weighted by molar-refractivity contribution is 0.0737. The van der Waals surface area contributed by atoms with E-state index in [4.69, 9.17) is 4.74 Å². The van der Waals surface area contributed by atoms with E-state index in [-0.39, 0.29) is 6.10 Å². The van der Waals surface area contributed by atoms with E-state index in [1.54, 1.807) is 10.9 Å². The van der Waals surface area contributed by atoms with E-state index in [1.165, 1.54) is 24.1 Å². The van der Waals surface area contributed by atoms with Crippen LogP contribution in [0.1, 0.15) is 29.9 Å². The first kappa shape index (κ1) is 15.4. The van der Waals surface area contributed by atoms with Gasteiger partial charge < -0.3 is 14.7 Å². The summed E-state index contributed by atoms with van der Waals surface area (Å²) in [5.41, 5.74) is 2.43. The molecule has 0 unspecified atom stereocenters. The molecule has 0 radical (unpaired) electrons. The zero-order valence-electron chi connectivity index (χ0n) is 14.1. The van der Waals surface area contributed by atoms with Crippen LogP contribution in [0, 0.1) is 6.92 Å². The summed E-state index contributed by atoms with van der Waals surface area (Å²) in [6.07, 6.45) is 7.08. The Hall–Kier alpha value is -2.15. The van der Waals surface area contributed by atoms with Gasteiger partial charge in [-0.1, -0.05) is 0 Å². The van der Waals surface area contributed by atoms with E-state index in [0.29, 0.717) is 18.8 Å². The van der Waals surface area contributed by atoms with Gasteiger partial charge in [0.2, 0.25) is 0 Å². The van der Waals surface area contributed by atoms with Gasteiger partial charge in [-0.15, -0.1) is 0 Å². The van der Waals surface area contributed by atoms with Gasteiger partial charge in [-0.2, -0.15) is 5.10 Å². The fourth-order valence-electron chi connectivity index (χ4n) is 3.64. The molecule has 2 aromatic heterocycles. The fourth-order valence-corrected chi connectivity index (χ4v) is 3.64. The third-order valence-corrected chi connectivity index (χ3v) is 4.78. The molecular weight excluding hydrogens is 306 g/mol. The van der Waals surface area contributed by atoms with Crippen LogP contribution in [-0.4, -0.2) is 50.2 Å². The van der Waals surface area contributed by atoms with Crippen molar-refractivity contribution in [1.82, 2.24) is 19.7 Å². The minimum Gasteiger partial charge on any atom is -0.482 e. The first-order chi connectivity index (χ1) is 11.6. The van der Waals surface area contributed by atoms with Gasteiger partial charge in [-0.25, -0.2) is 9.97 Å². The van der Waals surface area contributed by atoms with Crippen LogP contribution < -0.4 is 9.64 Å². The lowest BCUT2D eigenvalue weighted by Crippen LogP contribution is -2.30. The number of nitrogens with zero attached hydrogens (tertiary/aromatic N) is 5. The average molecular weight is 329 g/mol. The molecule has 0 saturated carbocycles. The minimum atomic E-state index is -0.542. The summed E-state index contributed by atoms with van der Waals surface area (Å²) in [6.45, 7) is 3.10. The van der Waals surface area contributed by atoms with E-state index in [0.717, 1.165) is 24.5 Å². The highest BCUT2D eigenvalue weighted by Crippen LogP contribution is 2.31. The number of rotatable bonds is 3. The Morgan fingerprint density at radius 2 is 2.04 bits per heavy atom. The second kappa shape index (κ2) is 6.05. The lowest BCUT2D eigenvalue weighted by atomic mass is 9.96. The van der Waals surface area contributed by atoms with Crippen molar-refractivity contribution in [2.24, 2.45) is 7.05 Å². The monoisotopic (exact) mass is 329 g/mol. The van der Waals surface area contributed by atoms with E-state index >= 15 is 0 Å². The Balaban J connectivity index is 1.56. The fraction of sp³-hybridized carbons (Fsp3) is 0.588. The number of β-amino-alcohol motifs (C(OH)–C–C–N with tert-alkyl or cyclic N) is 1. The van der Waals surface area contributed by atoms with Crippen molar-refractivity contribution < 1.29 is 9.84 Å². The number of aliphatic hydroxyl groups excluding tert-OH is 1. The molecule has 0 spiro atoms. The summed E-state index contributed by atoms with van der Waals surface area (Å²) >= 11 is 0. The van der Waals surface area contributed by atoms with Crippen LogP contribution >= 0.6 is 0 Å². The summed E-state index contributed by atoms with van der Waals surface area (Å²) in [5, 5.41) is 14.5. The molecule has 0 bridgehead atoms. The number of aryl methyl sites for hydroxylation is 3. The van der Waals surface area contributed by atoms with Crippen LogP contribution in [0.15, 0.2) is 12.4 Å². The lowest BCUT2D eigenvalue weighted by Gasteiger charge is -2.24. The molecule has 1 fully saturated rings. The van der Waals surface area contributed by atoms with Gasteiger partial charge in [0.15, 0.2) is 5.75 Å². The summed E-state index contributed by atoms with van der Waals surface area (Å²) in [6, 6.07) is 0. The van der Waals surface area contributed by atoms with Crippen molar-refractivity contribution in [2.75, 3.05) is 18.0 Å². The second-order valence-electron chi connectivity index (χ2n) is 6.71. The second-order valence-corrected chi connectivity index (χ2v) is 6.71. The largest absolute Gasteiger partial charge is 0.482 e. The molecule has 7 heteroatoms. The first-order valence-corrected chi connectivity index (χ1v) is 8.55. The van der Waals surface area contributed by atoms with Gasteiger partial charge >= 0.3 is 0 Å². The number of hydrogen-bond acceptors (Lipinski definition) is 6. The van der Waals surface area contributed by atoms with Gasteiger partial charge in [-0.3, -0.25) is 4.68 Å². The maximum atomic E-state index is 10.4. The average Bonchev–Trinajstić information content (AvgIpc) is 3.13. The molecule has 1 aliphatic heterocycles. The molecule has 2 aromatic rings. The third kappa shape index (κ3) is 2.84. The van der Waals surface area contributed by atoms with E-state index in [1.807, 2.05) is 20.2 Å². The molecule has 2 atom stereocenters. The maximum Gasteiger partial charge on any atom is 0.157 e. The van der Waals surface area contributed by atoms with Crippen molar-refractivity contribution in [1.29, 1.82) is 0 Å². The number of aliphatic hydroxyl groups is 1. The third-order valence-electron chi connectivity index (χ3n) is 4.78. The Kier molecular flexibility index (Phi) is 3.88. The molecular formula is C17H23N5O2. The quantitative estimate of drug-likeness (QED) is 0.906. The maximum absolute atomic E-state index is 10.4. The number of ether oxygens (including phenoxy) is 1. The minimum absolute atomic E-state index is 0.274. The van der Waals surface area contributed by atoms with Gasteiger partial charge in [0.1, 0.15) is 23.9 Å². The van der Waals surface area contributed by atoms with Crippen LogP contribution in [0.3, 0.4) is 0 Å². The van der Waals surface area contributed by atoms with E-state index in [9.17, 15) is 5.11 Å². The molecule has 0 aromatic carbocycles. The highest BCUT2D eigenvalue weighted by Gasteiger charge is 2.35. The molecule has 7 nitrogen and oxygen atoms in total. The van der Waals surface area contributed by atoms with Gasteiger partial charge in [0.25, 0.3) is 0 Å². The Bertz CT molecular complexity index is 745. The van der Waals surface area contributed by atoms with Crippen molar-refractivity contribution >= 4 is 5.82 Å². The zero-order valence-corrected chi connectivity index (χ0v) is 14.1. The summed E-state index contributed by atoms with van der Waals surface area (Å²) in [5.74, 6) is 2.47. The number of hydrogen-bond donors (Lipinski definition) is 1. The molecule has 2 aliphatic rings. The Labute approximate surface area is 141 Å². The van der Waals surface area contributed by atoms with Gasteiger partial charge in [0.05, 0.1) is 18.9 Å². The number of aromatic nitrogens is 4. The standard InChI is InChI=1S/C17H23N5O2/c1-11-19-14-6-4-3-5-13(14)17(20-11)22-9-15(23)16(10-22)24-12-7-18-21(2)8-12/h7-8,15-16,23H,3-6,9-10H2,1-2H3/t15-,16-/m1/s1. The van der Waals surface area contributed by atoms with Crippen molar-refractivity contribution in [2.45, 2.75) is 44.8 Å². The predicted molar refractivity (Wildman–Crippen MR) is 89.3 cm³/mol. The molecule has 1 N–H and O–H groups in total. The first-order valence-electron chi connectivity index (χ1n) is 8.55. The van der Waals surface area contributed by atoms with Crippen LogP contribution in [0.2, 0.25) is 0 Å². The van der Waals surface area contributed by atoms with Crippen molar-refractivity contribution in [3.05, 3.63) is 29.5 Å². The molecule has 4 rings (SSSR count). The van der Waals surface area contributed by atoms with Crippen LogP contribution in [0.5, 0.6) is 5.75 Å². The van der Waals surface area contributed by atoms with E-state index < -0.39 is 6.10 Å². The smallest absolute Gasteiger partial charge is 0.157 e. The van der Waals surface area contributed by atoms with Crippen molar-refractivity contribution in [3.8, 4) is 5.75 Å². The van der Waals surface area contributed by atoms with E-state index in [2.05, 4.69) is 20.0 Å². The molecule has 1 aliphatic carbocycles. The van der Waals surface area contributed by atoms with Gasteiger partial charge in [-0.05, 0) is 32.6 Å². The summed E-state index contributed by atoms with van der Waals surface area (Å²) in [7, 11) is 1.85. The topological polar surface area (TPSA) is 76.3 Å². The van der Waals surface area contributed by atoms with Crippen LogP contribution in [0.25, 0.3) is 0 Å². The number of anilines is 1. The summed E-state index contributed by atoms with van der Waals surface area (Å²) < 4.78 is 7.61. The SMILES string of the molecule is Cc1nc2c(c(N3C[C@@H](O)[C@H](Oc4cnn(C)c4)C3)n1)CCCC2. The molecule has 24 heavy (non-hydrogen) atoms. The molecule has 1 saturated heterocycles. The highest BCUT2D eigenvalue weighted by molar-refractivity contribution is 5.51. The van der Waals surface area contributed by atoms with Crippen LogP contribution in [0.4, 0.5) is 5.82 Å². The zero-order chi connectivity index (χ0) is 16.7. The Morgan fingerprint density at radius 3 is 2.83 bits per heavy atom. The normalized spacial score (nSPS) is 23.4. The summed E-state index contributed by atoms with van der Waals surface area (Å²) in [4.78, 5) is 11.4. The highest BCUT2D eigenvalue weighted by atomic mass is 16.5. The number of fused-ring (bicyclic) bond motifs is 1. The Morgan fingerprint density at radius 1 is 1.21 bits per heavy atom. The van der Waals surface area contributed by atoms with Gasteiger partial charge in [0, 0.05) is 24.8 Å².